The first-order valence-corrected chi connectivity index (χ1v) is 10.0. The van der Waals surface area contributed by atoms with Crippen molar-refractivity contribution in [3.8, 4) is 11.5 Å². The van der Waals surface area contributed by atoms with Gasteiger partial charge in [-0.25, -0.2) is 4.98 Å². The maximum atomic E-state index is 13.0. The standard InChI is InChI=1S/C22H27N3O4/c1-3-20-23-8-11-25(20)15-22(27)6-9-24(10-7-22)21(26)17-12-16-13-18(28-2)4-5-19(16)29-14-17/h4-5,8,11-13,27H,3,6-7,9-10,14-15H2,1-2H3. The number of nitrogens with zero attached hydrogens (tertiary/aromatic N) is 3. The summed E-state index contributed by atoms with van der Waals surface area (Å²) in [4.78, 5) is 19.1. The SMILES string of the molecule is CCc1nccn1CC1(O)CCN(C(=O)C2=Cc3cc(OC)ccc3OC2)CC1. The van der Waals surface area contributed by atoms with Gasteiger partial charge in [0.05, 0.1) is 24.8 Å². The smallest absolute Gasteiger partial charge is 0.253 e. The van der Waals surface area contributed by atoms with Gasteiger partial charge in [0.15, 0.2) is 0 Å². The Morgan fingerprint density at radius 1 is 1.34 bits per heavy atom. The number of methoxy groups -OCH3 is 1. The first-order chi connectivity index (χ1) is 14.0. The third-order valence-corrected chi connectivity index (χ3v) is 5.77. The van der Waals surface area contributed by atoms with Crippen LogP contribution >= 0.6 is 0 Å². The number of ether oxygens (including phenoxy) is 2. The van der Waals surface area contributed by atoms with Crippen LogP contribution in [0.3, 0.4) is 0 Å². The highest BCUT2D eigenvalue weighted by atomic mass is 16.5. The number of piperidine rings is 1. The quantitative estimate of drug-likeness (QED) is 0.838. The first-order valence-electron chi connectivity index (χ1n) is 10.0. The molecule has 2 aliphatic rings. The monoisotopic (exact) mass is 397 g/mol. The fraction of sp³-hybridized carbons (Fsp3) is 0.455. The molecule has 7 nitrogen and oxygen atoms in total. The van der Waals surface area contributed by atoms with Crippen LogP contribution in [0.1, 0.15) is 31.2 Å². The molecule has 0 radical (unpaired) electrons. The minimum absolute atomic E-state index is 0.0302. The van der Waals surface area contributed by atoms with Gasteiger partial charge >= 0.3 is 0 Å². The number of benzene rings is 1. The van der Waals surface area contributed by atoms with Gasteiger partial charge in [0.2, 0.25) is 0 Å². The Bertz CT molecular complexity index is 926. The molecule has 0 spiro atoms. The molecule has 0 aliphatic carbocycles. The summed E-state index contributed by atoms with van der Waals surface area (Å²) in [6.07, 6.45) is 7.46. The minimum Gasteiger partial charge on any atom is -0.497 e. The second kappa shape index (κ2) is 7.91. The van der Waals surface area contributed by atoms with Crippen molar-refractivity contribution in [3.63, 3.8) is 0 Å². The van der Waals surface area contributed by atoms with Gasteiger partial charge in [0.25, 0.3) is 5.91 Å². The number of aromatic nitrogens is 2. The van der Waals surface area contributed by atoms with E-state index in [4.69, 9.17) is 9.47 Å². The lowest BCUT2D eigenvalue weighted by molar-refractivity contribution is -0.132. The van der Waals surface area contributed by atoms with E-state index in [-0.39, 0.29) is 12.5 Å². The highest BCUT2D eigenvalue weighted by Gasteiger charge is 2.35. The molecular weight excluding hydrogens is 370 g/mol. The zero-order valence-electron chi connectivity index (χ0n) is 16.9. The van der Waals surface area contributed by atoms with Crippen LogP contribution in [-0.2, 0) is 17.8 Å². The van der Waals surface area contributed by atoms with Gasteiger partial charge in [-0.05, 0) is 37.1 Å². The fourth-order valence-electron chi connectivity index (χ4n) is 4.01. The third-order valence-electron chi connectivity index (χ3n) is 5.77. The third kappa shape index (κ3) is 4.00. The second-order valence-corrected chi connectivity index (χ2v) is 7.70. The van der Waals surface area contributed by atoms with Crippen LogP contribution in [0, 0.1) is 0 Å². The molecule has 7 heteroatoms. The molecule has 3 heterocycles. The van der Waals surface area contributed by atoms with Crippen molar-refractivity contribution >= 4 is 12.0 Å². The molecule has 1 saturated heterocycles. The van der Waals surface area contributed by atoms with E-state index >= 15 is 0 Å². The maximum absolute atomic E-state index is 13.0. The fourth-order valence-corrected chi connectivity index (χ4v) is 4.01. The van der Waals surface area contributed by atoms with Crippen molar-refractivity contribution in [2.24, 2.45) is 0 Å². The summed E-state index contributed by atoms with van der Waals surface area (Å²) in [5, 5.41) is 11.0. The van der Waals surface area contributed by atoms with Crippen LogP contribution in [-0.4, -0.2) is 57.9 Å². The number of rotatable bonds is 5. The minimum atomic E-state index is -0.821. The molecule has 2 aliphatic heterocycles. The summed E-state index contributed by atoms with van der Waals surface area (Å²) >= 11 is 0. The normalized spacial score (nSPS) is 17.9. The summed E-state index contributed by atoms with van der Waals surface area (Å²) in [6.45, 7) is 3.87. The lowest BCUT2D eigenvalue weighted by Gasteiger charge is -2.39. The summed E-state index contributed by atoms with van der Waals surface area (Å²) in [7, 11) is 1.61. The Balaban J connectivity index is 1.42. The van der Waals surface area contributed by atoms with E-state index in [0.717, 1.165) is 29.3 Å². The van der Waals surface area contributed by atoms with Gasteiger partial charge in [0, 0.05) is 37.5 Å². The Morgan fingerprint density at radius 3 is 2.86 bits per heavy atom. The molecule has 2 aromatic rings. The van der Waals surface area contributed by atoms with E-state index in [2.05, 4.69) is 11.9 Å². The van der Waals surface area contributed by atoms with Gasteiger partial charge in [-0.3, -0.25) is 4.79 Å². The highest BCUT2D eigenvalue weighted by Crippen LogP contribution is 2.31. The Kier molecular flexibility index (Phi) is 5.32. The molecule has 1 N–H and O–H groups in total. The molecule has 0 saturated carbocycles. The van der Waals surface area contributed by atoms with E-state index in [0.29, 0.717) is 38.0 Å². The summed E-state index contributed by atoms with van der Waals surface area (Å²) in [6, 6.07) is 5.57. The van der Waals surface area contributed by atoms with Gasteiger partial charge in [0.1, 0.15) is 23.9 Å². The summed E-state index contributed by atoms with van der Waals surface area (Å²) < 4.78 is 13.0. The van der Waals surface area contributed by atoms with E-state index in [1.807, 2.05) is 39.9 Å². The number of aryl methyl sites for hydroxylation is 1. The summed E-state index contributed by atoms with van der Waals surface area (Å²) in [5.74, 6) is 2.42. The van der Waals surface area contributed by atoms with Crippen molar-refractivity contribution in [2.75, 3.05) is 26.8 Å². The molecule has 1 amide bonds. The molecule has 0 unspecified atom stereocenters. The van der Waals surface area contributed by atoms with Gasteiger partial charge in [-0.1, -0.05) is 6.92 Å². The van der Waals surface area contributed by atoms with Gasteiger partial charge in [-0.15, -0.1) is 0 Å². The van der Waals surface area contributed by atoms with Crippen LogP contribution in [0.4, 0.5) is 0 Å². The van der Waals surface area contributed by atoms with Crippen molar-refractivity contribution in [1.29, 1.82) is 0 Å². The molecule has 0 bridgehead atoms. The second-order valence-electron chi connectivity index (χ2n) is 7.70. The van der Waals surface area contributed by atoms with Crippen LogP contribution in [0.5, 0.6) is 11.5 Å². The Hall–Kier alpha value is -2.80. The van der Waals surface area contributed by atoms with Crippen molar-refractivity contribution < 1.29 is 19.4 Å². The van der Waals surface area contributed by atoms with Crippen molar-refractivity contribution in [2.45, 2.75) is 38.3 Å². The first kappa shape index (κ1) is 19.5. The van der Waals surface area contributed by atoms with E-state index in [1.165, 1.54) is 0 Å². The number of imidazole rings is 1. The van der Waals surface area contributed by atoms with Crippen LogP contribution in [0.25, 0.3) is 6.08 Å². The number of amides is 1. The Labute approximate surface area is 170 Å². The number of fused-ring (bicyclic) bond motifs is 1. The molecule has 154 valence electrons. The average molecular weight is 397 g/mol. The topological polar surface area (TPSA) is 76.8 Å². The lowest BCUT2D eigenvalue weighted by atomic mass is 9.90. The number of likely N-dealkylation sites (tertiary alicyclic amines) is 1. The molecule has 1 aromatic carbocycles. The number of hydrogen-bond donors (Lipinski definition) is 1. The number of hydrogen-bond acceptors (Lipinski definition) is 5. The van der Waals surface area contributed by atoms with Crippen LogP contribution in [0.15, 0.2) is 36.2 Å². The predicted octanol–water partition coefficient (Wildman–Crippen LogP) is 2.28. The van der Waals surface area contributed by atoms with Crippen molar-refractivity contribution in [1.82, 2.24) is 14.5 Å². The maximum Gasteiger partial charge on any atom is 0.253 e. The zero-order chi connectivity index (χ0) is 20.4. The van der Waals surface area contributed by atoms with Gasteiger partial charge in [-0.2, -0.15) is 0 Å². The Morgan fingerprint density at radius 2 is 2.14 bits per heavy atom. The van der Waals surface area contributed by atoms with Crippen molar-refractivity contribution in [3.05, 3.63) is 47.6 Å². The number of carbonyl (C=O) groups excluding carboxylic acids is 1. The number of carbonyl (C=O) groups is 1. The predicted molar refractivity (Wildman–Crippen MR) is 109 cm³/mol. The average Bonchev–Trinajstić information content (AvgIpc) is 3.19. The molecule has 1 fully saturated rings. The lowest BCUT2D eigenvalue weighted by Crippen LogP contribution is -2.49. The van der Waals surface area contributed by atoms with Crippen LogP contribution in [0.2, 0.25) is 0 Å². The molecule has 29 heavy (non-hydrogen) atoms. The number of aliphatic hydroxyl groups is 1. The van der Waals surface area contributed by atoms with Crippen LogP contribution < -0.4 is 9.47 Å². The summed E-state index contributed by atoms with van der Waals surface area (Å²) in [5.41, 5.74) is 0.650. The molecular formula is C22H27N3O4. The van der Waals surface area contributed by atoms with E-state index in [9.17, 15) is 9.90 Å². The molecule has 1 aromatic heterocycles. The zero-order valence-corrected chi connectivity index (χ0v) is 16.9. The van der Waals surface area contributed by atoms with Gasteiger partial charge < -0.3 is 24.0 Å². The van der Waals surface area contributed by atoms with E-state index < -0.39 is 5.60 Å². The highest BCUT2D eigenvalue weighted by molar-refractivity contribution is 5.99. The van der Waals surface area contributed by atoms with E-state index in [1.54, 1.807) is 13.3 Å². The molecule has 0 atom stereocenters. The molecule has 4 rings (SSSR count). The largest absolute Gasteiger partial charge is 0.497 e.